The second kappa shape index (κ2) is 6.49. The van der Waals surface area contributed by atoms with Gasteiger partial charge in [0.15, 0.2) is 0 Å². The van der Waals surface area contributed by atoms with E-state index in [4.69, 9.17) is 9.47 Å². The summed E-state index contributed by atoms with van der Waals surface area (Å²) in [6, 6.07) is 1.39. The summed E-state index contributed by atoms with van der Waals surface area (Å²) in [6.07, 6.45) is 3.62. The van der Waals surface area contributed by atoms with E-state index in [1.165, 1.54) is 13.0 Å². The van der Waals surface area contributed by atoms with Gasteiger partial charge in [-0.15, -0.1) is 0 Å². The van der Waals surface area contributed by atoms with Gasteiger partial charge in [0.2, 0.25) is 0 Å². The van der Waals surface area contributed by atoms with Crippen molar-refractivity contribution in [3.8, 4) is 11.5 Å². The fraction of sp³-hybridized carbons (Fsp3) is 0.640. The normalized spacial score (nSPS) is 36.7. The van der Waals surface area contributed by atoms with E-state index in [9.17, 15) is 19.5 Å². The van der Waals surface area contributed by atoms with E-state index >= 15 is 0 Å². The highest BCUT2D eigenvalue weighted by molar-refractivity contribution is 6.23. The molecule has 0 radical (unpaired) electrons. The van der Waals surface area contributed by atoms with Crippen molar-refractivity contribution in [2.75, 3.05) is 0 Å². The smallest absolute Gasteiger partial charge is 0.302 e. The molecule has 2 aliphatic carbocycles. The number of aromatic hydroxyl groups is 1. The second-order valence-electron chi connectivity index (χ2n) is 11.0. The SMILES string of the molecule is CC(=O)O[C@H]1CC[C@@]23Oc4c(c(O)cc5c4C(=O)NC5=O)C[C@]2(C)[C@@H](C)CC[C@H]3C1(C)C. The number of phenols is 1. The highest BCUT2D eigenvalue weighted by Gasteiger charge is 2.68. The summed E-state index contributed by atoms with van der Waals surface area (Å²) >= 11 is 0. The highest BCUT2D eigenvalue weighted by atomic mass is 16.5. The third kappa shape index (κ3) is 2.51. The lowest BCUT2D eigenvalue weighted by atomic mass is 9.43. The van der Waals surface area contributed by atoms with Crippen LogP contribution in [-0.2, 0) is 16.0 Å². The predicted molar refractivity (Wildman–Crippen MR) is 116 cm³/mol. The minimum Gasteiger partial charge on any atom is -0.508 e. The molecule has 1 aromatic rings. The summed E-state index contributed by atoms with van der Waals surface area (Å²) < 4.78 is 12.7. The molecule has 2 aliphatic heterocycles. The van der Waals surface area contributed by atoms with Crippen molar-refractivity contribution in [3.63, 3.8) is 0 Å². The van der Waals surface area contributed by atoms with Gasteiger partial charge in [-0.25, -0.2) is 0 Å². The Morgan fingerprint density at radius 2 is 1.91 bits per heavy atom. The van der Waals surface area contributed by atoms with Gasteiger partial charge in [-0.1, -0.05) is 27.7 Å². The van der Waals surface area contributed by atoms with Crippen LogP contribution in [0.5, 0.6) is 11.5 Å². The molecular weight excluding hydrogens is 410 g/mol. The largest absolute Gasteiger partial charge is 0.508 e. The molecule has 32 heavy (non-hydrogen) atoms. The van der Waals surface area contributed by atoms with E-state index in [-0.39, 0.29) is 45.7 Å². The number of benzene rings is 1. The topological polar surface area (TPSA) is 102 Å². The van der Waals surface area contributed by atoms with Crippen LogP contribution in [0.4, 0.5) is 0 Å². The number of imide groups is 1. The lowest BCUT2D eigenvalue weighted by Crippen LogP contribution is -2.70. The Kier molecular flexibility index (Phi) is 4.31. The fourth-order valence-corrected chi connectivity index (χ4v) is 7.29. The number of esters is 1. The van der Waals surface area contributed by atoms with Crippen molar-refractivity contribution in [3.05, 3.63) is 22.8 Å². The van der Waals surface area contributed by atoms with Crippen LogP contribution in [-0.4, -0.2) is 34.6 Å². The van der Waals surface area contributed by atoms with Crippen molar-refractivity contribution >= 4 is 17.8 Å². The number of phenolic OH excluding ortho intramolecular Hbond substituents is 1. The van der Waals surface area contributed by atoms with Crippen molar-refractivity contribution in [2.45, 2.75) is 78.4 Å². The average molecular weight is 442 g/mol. The molecule has 1 aromatic carbocycles. The zero-order chi connectivity index (χ0) is 23.2. The van der Waals surface area contributed by atoms with Gasteiger partial charge in [-0.3, -0.25) is 19.7 Å². The van der Waals surface area contributed by atoms with Crippen molar-refractivity contribution in [2.24, 2.45) is 22.7 Å². The fourth-order valence-electron chi connectivity index (χ4n) is 7.29. The third-order valence-corrected chi connectivity index (χ3v) is 9.21. The van der Waals surface area contributed by atoms with E-state index in [1.54, 1.807) is 0 Å². The van der Waals surface area contributed by atoms with Gasteiger partial charge in [0.1, 0.15) is 23.2 Å². The molecule has 2 N–H and O–H groups in total. The molecule has 7 heteroatoms. The van der Waals surface area contributed by atoms with E-state index in [0.29, 0.717) is 36.5 Å². The van der Waals surface area contributed by atoms with Gasteiger partial charge in [0, 0.05) is 29.2 Å². The highest BCUT2D eigenvalue weighted by Crippen LogP contribution is 2.67. The summed E-state index contributed by atoms with van der Waals surface area (Å²) in [5.41, 5.74) is -0.206. The number of carbonyl (C=O) groups is 3. The van der Waals surface area contributed by atoms with Crippen molar-refractivity contribution in [1.29, 1.82) is 0 Å². The van der Waals surface area contributed by atoms with Gasteiger partial charge in [0.05, 0.1) is 11.1 Å². The minimum absolute atomic E-state index is 0.00172. The Hall–Kier alpha value is -2.57. The Morgan fingerprint density at radius 3 is 2.59 bits per heavy atom. The summed E-state index contributed by atoms with van der Waals surface area (Å²) in [4.78, 5) is 36.8. The van der Waals surface area contributed by atoms with Gasteiger partial charge in [-0.05, 0) is 44.1 Å². The molecule has 2 amide bonds. The van der Waals surface area contributed by atoms with Crippen LogP contribution < -0.4 is 10.1 Å². The van der Waals surface area contributed by atoms with Crippen LogP contribution >= 0.6 is 0 Å². The van der Waals surface area contributed by atoms with Crippen molar-refractivity contribution < 1.29 is 29.0 Å². The van der Waals surface area contributed by atoms with E-state index in [2.05, 4.69) is 33.0 Å². The van der Waals surface area contributed by atoms with Gasteiger partial charge < -0.3 is 14.6 Å². The molecule has 1 spiro atoms. The number of ether oxygens (including phenoxy) is 2. The number of rotatable bonds is 1. The molecule has 5 atom stereocenters. The zero-order valence-electron chi connectivity index (χ0n) is 19.3. The Bertz CT molecular complexity index is 1060. The van der Waals surface area contributed by atoms with E-state index in [0.717, 1.165) is 12.8 Å². The summed E-state index contributed by atoms with van der Waals surface area (Å²) in [6.45, 7) is 10.2. The molecule has 172 valence electrons. The molecule has 0 aromatic heterocycles. The van der Waals surface area contributed by atoms with Crippen LogP contribution in [0.25, 0.3) is 0 Å². The first kappa shape index (κ1) is 21.3. The Labute approximate surface area is 187 Å². The zero-order valence-corrected chi connectivity index (χ0v) is 19.3. The molecule has 7 nitrogen and oxygen atoms in total. The first-order valence-electron chi connectivity index (χ1n) is 11.5. The maximum Gasteiger partial charge on any atom is 0.302 e. The number of hydrogen-bond donors (Lipinski definition) is 2. The van der Waals surface area contributed by atoms with Crippen LogP contribution in [0.1, 0.15) is 86.6 Å². The van der Waals surface area contributed by atoms with Gasteiger partial charge in [-0.2, -0.15) is 0 Å². The van der Waals surface area contributed by atoms with Gasteiger partial charge >= 0.3 is 5.97 Å². The van der Waals surface area contributed by atoms with Crippen LogP contribution in [0, 0.1) is 22.7 Å². The molecule has 0 saturated heterocycles. The number of hydrogen-bond acceptors (Lipinski definition) is 6. The molecule has 5 rings (SSSR count). The predicted octanol–water partition coefficient (Wildman–Crippen LogP) is 3.75. The van der Waals surface area contributed by atoms with Crippen LogP contribution in [0.15, 0.2) is 6.07 Å². The summed E-state index contributed by atoms with van der Waals surface area (Å²) in [5.74, 6) is -0.501. The third-order valence-electron chi connectivity index (χ3n) is 9.21. The number of carbonyl (C=O) groups excluding carboxylic acids is 3. The number of nitrogens with one attached hydrogen (secondary N) is 1. The Balaban J connectivity index is 1.69. The molecule has 2 heterocycles. The number of amides is 2. The quantitative estimate of drug-likeness (QED) is 0.508. The molecule has 0 unspecified atom stereocenters. The first-order valence-corrected chi connectivity index (χ1v) is 11.5. The summed E-state index contributed by atoms with van der Waals surface area (Å²) in [5, 5.41) is 13.2. The summed E-state index contributed by atoms with van der Waals surface area (Å²) in [7, 11) is 0. The second-order valence-corrected chi connectivity index (χ2v) is 11.0. The molecule has 0 bridgehead atoms. The standard InChI is InChI=1S/C25H31NO6/c1-12-6-7-17-23(3,4)18(31-13(2)27)8-9-25(17)24(12,5)11-15-16(28)10-14-19(20(15)32-25)22(30)26-21(14)29/h10,12,17-18,28H,6-9,11H2,1-5H3,(H,26,29,30)/t12-,17-,18-,24+,25-/m0/s1. The van der Waals surface area contributed by atoms with Crippen LogP contribution in [0.2, 0.25) is 0 Å². The minimum atomic E-state index is -0.592. The maximum atomic E-state index is 12.7. The van der Waals surface area contributed by atoms with E-state index < -0.39 is 17.4 Å². The maximum absolute atomic E-state index is 12.7. The molecular formula is C25H31NO6. The van der Waals surface area contributed by atoms with Crippen molar-refractivity contribution in [1.82, 2.24) is 5.32 Å². The monoisotopic (exact) mass is 441 g/mol. The number of fused-ring (bicyclic) bond motifs is 3. The average Bonchev–Trinajstić information content (AvgIpc) is 2.97. The van der Waals surface area contributed by atoms with E-state index in [1.807, 2.05) is 0 Å². The molecule has 2 fully saturated rings. The lowest BCUT2D eigenvalue weighted by molar-refractivity contribution is -0.238. The molecule has 2 saturated carbocycles. The van der Waals surface area contributed by atoms with Crippen LogP contribution in [0.3, 0.4) is 0 Å². The molecule has 4 aliphatic rings. The Morgan fingerprint density at radius 1 is 1.19 bits per heavy atom. The first-order chi connectivity index (χ1) is 14.9. The lowest BCUT2D eigenvalue weighted by Gasteiger charge is -2.67. The van der Waals surface area contributed by atoms with Gasteiger partial charge in [0.25, 0.3) is 11.8 Å².